The third-order valence-corrected chi connectivity index (χ3v) is 10.2. The third-order valence-electron chi connectivity index (χ3n) is 10.2. The van der Waals surface area contributed by atoms with Crippen molar-refractivity contribution < 1.29 is 0 Å². The van der Waals surface area contributed by atoms with Gasteiger partial charge in [0.05, 0.1) is 11.4 Å². The Hall–Kier alpha value is -5.92. The van der Waals surface area contributed by atoms with Gasteiger partial charge in [-0.15, -0.1) is 0 Å². The summed E-state index contributed by atoms with van der Waals surface area (Å²) >= 11 is 0. The SMILES string of the molecule is CC1(C)c2cc(N(c3ccc4ccccc4c3)c3cccc4ccccc34)c(-c3ccccc3)cc2-c2c(-c3ccccc3)cccc21. The van der Waals surface area contributed by atoms with Gasteiger partial charge in [0.25, 0.3) is 0 Å². The standard InChI is InChI=1S/C47H35N/c1-47(2)42-25-14-24-39(34-16-5-3-6-17-34)46(42)41-30-40(35-18-7-4-8-19-35)45(31-43(41)47)48(37-28-27-32-15-9-10-21-36(32)29-37)44-26-13-22-33-20-11-12-23-38(33)44/h3-31H,1-2H3. The summed E-state index contributed by atoms with van der Waals surface area (Å²) in [5.74, 6) is 0. The normalized spacial score (nSPS) is 13.0. The molecule has 0 saturated heterocycles. The predicted octanol–water partition coefficient (Wildman–Crippen LogP) is 13.1. The number of hydrogen-bond donors (Lipinski definition) is 0. The first kappa shape index (κ1) is 28.3. The molecule has 9 rings (SSSR count). The highest BCUT2D eigenvalue weighted by Gasteiger charge is 2.38. The first-order valence-corrected chi connectivity index (χ1v) is 16.8. The van der Waals surface area contributed by atoms with E-state index >= 15 is 0 Å². The lowest BCUT2D eigenvalue weighted by Gasteiger charge is -2.31. The van der Waals surface area contributed by atoms with Crippen molar-refractivity contribution in [3.63, 3.8) is 0 Å². The van der Waals surface area contributed by atoms with Gasteiger partial charge in [-0.1, -0.05) is 159 Å². The number of benzene rings is 8. The first-order valence-electron chi connectivity index (χ1n) is 16.8. The molecule has 0 saturated carbocycles. The zero-order valence-electron chi connectivity index (χ0n) is 27.2. The summed E-state index contributed by atoms with van der Waals surface area (Å²) in [5, 5.41) is 4.91. The van der Waals surface area contributed by atoms with E-state index in [9.17, 15) is 0 Å². The minimum Gasteiger partial charge on any atom is -0.309 e. The van der Waals surface area contributed by atoms with Crippen LogP contribution < -0.4 is 4.90 Å². The van der Waals surface area contributed by atoms with E-state index in [1.54, 1.807) is 0 Å². The van der Waals surface area contributed by atoms with Gasteiger partial charge in [-0.05, 0) is 85.4 Å². The molecule has 1 heteroatoms. The Labute approximate surface area is 282 Å². The first-order chi connectivity index (χ1) is 23.6. The van der Waals surface area contributed by atoms with E-state index in [1.165, 1.54) is 77.4 Å². The van der Waals surface area contributed by atoms with E-state index in [1.807, 2.05) is 0 Å². The van der Waals surface area contributed by atoms with Crippen LogP contribution in [0.4, 0.5) is 17.1 Å². The van der Waals surface area contributed by atoms with Crippen LogP contribution in [0.15, 0.2) is 176 Å². The molecule has 8 aromatic rings. The predicted molar refractivity (Wildman–Crippen MR) is 205 cm³/mol. The van der Waals surface area contributed by atoms with E-state index in [4.69, 9.17) is 0 Å². The zero-order chi connectivity index (χ0) is 32.2. The van der Waals surface area contributed by atoms with Crippen LogP contribution in [-0.2, 0) is 5.41 Å². The molecular weight excluding hydrogens is 579 g/mol. The molecule has 0 aliphatic heterocycles. The van der Waals surface area contributed by atoms with Crippen molar-refractivity contribution in [2.75, 3.05) is 4.90 Å². The Kier molecular flexibility index (Phi) is 6.55. The highest BCUT2D eigenvalue weighted by atomic mass is 15.1. The summed E-state index contributed by atoms with van der Waals surface area (Å²) in [5.41, 5.74) is 13.6. The number of fused-ring (bicyclic) bond motifs is 5. The van der Waals surface area contributed by atoms with Gasteiger partial charge in [0.2, 0.25) is 0 Å². The van der Waals surface area contributed by atoms with Crippen LogP contribution in [0, 0.1) is 0 Å². The van der Waals surface area contributed by atoms with Crippen molar-refractivity contribution >= 4 is 38.6 Å². The molecule has 228 valence electrons. The van der Waals surface area contributed by atoms with Crippen molar-refractivity contribution in [2.45, 2.75) is 19.3 Å². The smallest absolute Gasteiger partial charge is 0.0543 e. The summed E-state index contributed by atoms with van der Waals surface area (Å²) in [4.78, 5) is 2.49. The zero-order valence-corrected chi connectivity index (χ0v) is 27.2. The second kappa shape index (κ2) is 11.1. The van der Waals surface area contributed by atoms with Gasteiger partial charge in [-0.25, -0.2) is 0 Å². The molecule has 0 amide bonds. The monoisotopic (exact) mass is 613 g/mol. The summed E-state index contributed by atoms with van der Waals surface area (Å²) in [6.45, 7) is 4.77. The molecule has 0 aromatic heterocycles. The number of hydrogen-bond acceptors (Lipinski definition) is 1. The van der Waals surface area contributed by atoms with Crippen LogP contribution in [0.3, 0.4) is 0 Å². The molecule has 0 heterocycles. The van der Waals surface area contributed by atoms with Gasteiger partial charge in [0, 0.05) is 22.1 Å². The Morgan fingerprint density at radius 3 is 1.79 bits per heavy atom. The maximum absolute atomic E-state index is 2.49. The molecule has 0 spiro atoms. The number of nitrogens with zero attached hydrogens (tertiary/aromatic N) is 1. The van der Waals surface area contributed by atoms with Crippen LogP contribution in [0.5, 0.6) is 0 Å². The summed E-state index contributed by atoms with van der Waals surface area (Å²) in [7, 11) is 0. The molecular formula is C47H35N. The van der Waals surface area contributed by atoms with Crippen molar-refractivity contribution in [1.82, 2.24) is 0 Å². The largest absolute Gasteiger partial charge is 0.309 e. The van der Waals surface area contributed by atoms with E-state index in [0.717, 1.165) is 5.69 Å². The molecule has 0 radical (unpaired) electrons. The lowest BCUT2D eigenvalue weighted by molar-refractivity contribution is 0.660. The molecule has 0 N–H and O–H groups in total. The fraction of sp³-hybridized carbons (Fsp3) is 0.0638. The van der Waals surface area contributed by atoms with Crippen molar-refractivity contribution in [3.8, 4) is 33.4 Å². The Bertz CT molecular complexity index is 2470. The van der Waals surface area contributed by atoms with Crippen molar-refractivity contribution in [3.05, 3.63) is 187 Å². The number of rotatable bonds is 5. The minimum atomic E-state index is -0.187. The lowest BCUT2D eigenvalue weighted by Crippen LogP contribution is -2.17. The molecule has 1 aliphatic rings. The molecule has 0 unspecified atom stereocenters. The highest BCUT2D eigenvalue weighted by Crippen LogP contribution is 2.56. The number of anilines is 3. The van der Waals surface area contributed by atoms with E-state index in [2.05, 4.69) is 195 Å². The molecule has 8 aromatic carbocycles. The summed E-state index contributed by atoms with van der Waals surface area (Å²) < 4.78 is 0. The average molecular weight is 614 g/mol. The van der Waals surface area contributed by atoms with E-state index in [0.29, 0.717) is 0 Å². The molecule has 0 atom stereocenters. The van der Waals surface area contributed by atoms with Gasteiger partial charge in [0.15, 0.2) is 0 Å². The van der Waals surface area contributed by atoms with Crippen LogP contribution >= 0.6 is 0 Å². The molecule has 0 bridgehead atoms. The fourth-order valence-corrected chi connectivity index (χ4v) is 7.84. The van der Waals surface area contributed by atoms with Gasteiger partial charge in [-0.3, -0.25) is 0 Å². The van der Waals surface area contributed by atoms with Crippen LogP contribution in [-0.4, -0.2) is 0 Å². The maximum atomic E-state index is 2.49. The van der Waals surface area contributed by atoms with Crippen molar-refractivity contribution in [1.29, 1.82) is 0 Å². The second-order valence-electron chi connectivity index (χ2n) is 13.4. The van der Waals surface area contributed by atoms with Gasteiger partial charge in [-0.2, -0.15) is 0 Å². The quantitative estimate of drug-likeness (QED) is 0.187. The molecule has 1 nitrogen and oxygen atoms in total. The molecule has 1 aliphatic carbocycles. The Morgan fingerprint density at radius 2 is 1.02 bits per heavy atom. The van der Waals surface area contributed by atoms with Crippen LogP contribution in [0.2, 0.25) is 0 Å². The maximum Gasteiger partial charge on any atom is 0.0543 e. The molecule has 0 fully saturated rings. The topological polar surface area (TPSA) is 3.24 Å². The van der Waals surface area contributed by atoms with Crippen LogP contribution in [0.1, 0.15) is 25.0 Å². The minimum absolute atomic E-state index is 0.187. The average Bonchev–Trinajstić information content (AvgIpc) is 3.37. The highest BCUT2D eigenvalue weighted by molar-refractivity contribution is 6.04. The van der Waals surface area contributed by atoms with Crippen molar-refractivity contribution in [2.24, 2.45) is 0 Å². The Balaban J connectivity index is 1.38. The fourth-order valence-electron chi connectivity index (χ4n) is 7.84. The lowest BCUT2D eigenvalue weighted by atomic mass is 9.81. The third kappa shape index (κ3) is 4.47. The second-order valence-corrected chi connectivity index (χ2v) is 13.4. The van der Waals surface area contributed by atoms with E-state index < -0.39 is 0 Å². The van der Waals surface area contributed by atoms with Crippen LogP contribution in [0.25, 0.3) is 54.9 Å². The summed E-state index contributed by atoms with van der Waals surface area (Å²) in [6.07, 6.45) is 0. The van der Waals surface area contributed by atoms with Gasteiger partial charge < -0.3 is 4.90 Å². The van der Waals surface area contributed by atoms with Gasteiger partial charge >= 0.3 is 0 Å². The molecule has 48 heavy (non-hydrogen) atoms. The van der Waals surface area contributed by atoms with E-state index in [-0.39, 0.29) is 5.41 Å². The summed E-state index contributed by atoms with van der Waals surface area (Å²) in [6, 6.07) is 64.5. The Morgan fingerprint density at radius 1 is 0.396 bits per heavy atom. The van der Waals surface area contributed by atoms with Gasteiger partial charge in [0.1, 0.15) is 0 Å².